The first-order valence-corrected chi connectivity index (χ1v) is 7.80. The molecule has 0 aliphatic carbocycles. The van der Waals surface area contributed by atoms with Gasteiger partial charge >= 0.3 is 18.1 Å². The molecule has 3 aliphatic rings. The molecule has 118 valence electrons. The van der Waals surface area contributed by atoms with Crippen LogP contribution >= 0.6 is 11.8 Å². The molecule has 0 aromatic rings. The summed E-state index contributed by atoms with van der Waals surface area (Å²) in [5, 5.41) is -1.52. The maximum absolute atomic E-state index is 13.3. The van der Waals surface area contributed by atoms with Crippen molar-refractivity contribution in [1.29, 1.82) is 0 Å². The van der Waals surface area contributed by atoms with Crippen molar-refractivity contribution in [3.05, 3.63) is 0 Å². The molecule has 3 rings (SSSR count). The Balaban J connectivity index is 1.82. The first kappa shape index (κ1) is 15.0. The fourth-order valence-corrected chi connectivity index (χ4v) is 5.26. The number of hydrogen-bond donors (Lipinski definition) is 0. The Bertz CT molecular complexity index is 494. The van der Waals surface area contributed by atoms with E-state index in [0.29, 0.717) is 6.42 Å². The van der Waals surface area contributed by atoms with Crippen LogP contribution in [0.3, 0.4) is 0 Å². The molecule has 0 N–H and O–H groups in total. The smallest absolute Gasteiger partial charge is 0.406 e. The van der Waals surface area contributed by atoms with E-state index in [4.69, 9.17) is 9.47 Å². The number of hydrogen-bond acceptors (Lipinski definition) is 5. The summed E-state index contributed by atoms with van der Waals surface area (Å²) in [6, 6.07) is 0. The van der Waals surface area contributed by atoms with Crippen LogP contribution in [0.25, 0.3) is 0 Å². The van der Waals surface area contributed by atoms with Crippen molar-refractivity contribution in [3.63, 3.8) is 0 Å². The van der Waals surface area contributed by atoms with Gasteiger partial charge in [-0.15, -0.1) is 11.8 Å². The van der Waals surface area contributed by atoms with Crippen molar-refractivity contribution in [2.75, 3.05) is 0 Å². The lowest BCUT2D eigenvalue weighted by atomic mass is 9.73. The predicted molar refractivity (Wildman–Crippen MR) is 67.5 cm³/mol. The summed E-state index contributed by atoms with van der Waals surface area (Å²) >= 11 is 1.07. The van der Waals surface area contributed by atoms with Gasteiger partial charge in [-0.25, -0.2) is 0 Å². The molecule has 21 heavy (non-hydrogen) atoms. The normalized spacial score (nSPS) is 42.0. The van der Waals surface area contributed by atoms with E-state index in [9.17, 15) is 22.8 Å². The molecule has 2 bridgehead atoms. The molecule has 0 aromatic carbocycles. The first-order valence-electron chi connectivity index (χ1n) is 6.86. The number of fused-ring (bicyclic) bond motifs is 1. The minimum atomic E-state index is -4.63. The Morgan fingerprint density at radius 3 is 2.81 bits per heavy atom. The van der Waals surface area contributed by atoms with Gasteiger partial charge in [0.15, 0.2) is 17.6 Å². The van der Waals surface area contributed by atoms with Crippen molar-refractivity contribution >= 4 is 23.7 Å². The molecule has 0 spiro atoms. The molecule has 6 unspecified atom stereocenters. The quantitative estimate of drug-likeness (QED) is 0.746. The Hall–Kier alpha value is -0.920. The van der Waals surface area contributed by atoms with E-state index in [0.717, 1.165) is 11.8 Å². The van der Waals surface area contributed by atoms with Gasteiger partial charge in [0, 0.05) is 5.25 Å². The highest BCUT2D eigenvalue weighted by Gasteiger charge is 2.81. The van der Waals surface area contributed by atoms with Crippen LogP contribution < -0.4 is 0 Å². The van der Waals surface area contributed by atoms with Gasteiger partial charge in [-0.05, 0) is 12.8 Å². The van der Waals surface area contributed by atoms with Gasteiger partial charge in [-0.1, -0.05) is 13.8 Å². The van der Waals surface area contributed by atoms with Gasteiger partial charge in [0.05, 0.1) is 11.2 Å². The molecule has 8 heteroatoms. The highest BCUT2D eigenvalue weighted by molar-refractivity contribution is 8.01. The summed E-state index contributed by atoms with van der Waals surface area (Å²) in [7, 11) is 0. The van der Waals surface area contributed by atoms with E-state index in [1.807, 2.05) is 6.92 Å². The minimum absolute atomic E-state index is 0.321. The van der Waals surface area contributed by atoms with Crippen LogP contribution in [0, 0.1) is 11.3 Å². The van der Waals surface area contributed by atoms with Crippen LogP contribution in [0.4, 0.5) is 13.2 Å². The fraction of sp³-hybridized carbons (Fsp3) is 0.846. The molecule has 0 saturated carbocycles. The van der Waals surface area contributed by atoms with Crippen molar-refractivity contribution in [3.8, 4) is 0 Å². The second-order valence-corrected chi connectivity index (χ2v) is 7.23. The Kier molecular flexibility index (Phi) is 3.24. The zero-order chi connectivity index (χ0) is 15.6. The van der Waals surface area contributed by atoms with Crippen molar-refractivity contribution in [2.24, 2.45) is 11.3 Å². The highest BCUT2D eigenvalue weighted by atomic mass is 32.2. The highest BCUT2D eigenvalue weighted by Crippen LogP contribution is 2.67. The summed E-state index contributed by atoms with van der Waals surface area (Å²) in [6.07, 6.45) is -6.14. The largest absolute Gasteiger partial charge is 0.457 e. The third-order valence-electron chi connectivity index (χ3n) is 4.70. The van der Waals surface area contributed by atoms with Gasteiger partial charge in [0.2, 0.25) is 0 Å². The van der Waals surface area contributed by atoms with Crippen molar-refractivity contribution < 1.29 is 32.2 Å². The van der Waals surface area contributed by atoms with E-state index in [1.54, 1.807) is 6.92 Å². The summed E-state index contributed by atoms with van der Waals surface area (Å²) < 4.78 is 50.2. The molecule has 0 amide bonds. The monoisotopic (exact) mass is 324 g/mol. The SMILES string of the molecule is CCC(C)C(=O)OC1C2CC3(C(F)(F)F)C(=O)OC1C3S2. The number of ether oxygens (including phenoxy) is 2. The van der Waals surface area contributed by atoms with Crippen molar-refractivity contribution in [2.45, 2.75) is 55.6 Å². The summed E-state index contributed by atoms with van der Waals surface area (Å²) in [5.41, 5.74) is -2.41. The lowest BCUT2D eigenvalue weighted by molar-refractivity contribution is -0.221. The van der Waals surface area contributed by atoms with Crippen LogP contribution in [0.5, 0.6) is 0 Å². The van der Waals surface area contributed by atoms with Gasteiger partial charge in [-0.3, -0.25) is 9.59 Å². The van der Waals surface area contributed by atoms with Crippen molar-refractivity contribution in [1.82, 2.24) is 0 Å². The average Bonchev–Trinajstić information content (AvgIpc) is 2.99. The Labute approximate surface area is 123 Å². The third kappa shape index (κ3) is 1.83. The Morgan fingerprint density at radius 1 is 1.57 bits per heavy atom. The number of halogens is 3. The predicted octanol–water partition coefficient (Wildman–Crippen LogP) is 2.31. The lowest BCUT2D eigenvalue weighted by Gasteiger charge is -2.32. The molecule has 3 fully saturated rings. The maximum Gasteiger partial charge on any atom is 0.406 e. The summed E-state index contributed by atoms with van der Waals surface area (Å²) in [4.78, 5) is 23.6. The molecule has 0 radical (unpaired) electrons. The van der Waals surface area contributed by atoms with Crippen LogP contribution in [0.15, 0.2) is 0 Å². The second-order valence-electron chi connectivity index (χ2n) is 5.85. The van der Waals surface area contributed by atoms with E-state index in [-0.39, 0.29) is 12.3 Å². The number of carbonyl (C=O) groups is 2. The molecule has 3 aliphatic heterocycles. The molecular formula is C13H15F3O4S. The zero-order valence-electron chi connectivity index (χ0n) is 11.5. The van der Waals surface area contributed by atoms with E-state index in [2.05, 4.69) is 0 Å². The molecule has 0 aromatic heterocycles. The van der Waals surface area contributed by atoms with Crippen LogP contribution in [0.2, 0.25) is 0 Å². The first-order chi connectivity index (χ1) is 9.72. The summed E-state index contributed by atoms with van der Waals surface area (Å²) in [6.45, 7) is 3.52. The van der Waals surface area contributed by atoms with E-state index >= 15 is 0 Å². The molecule has 3 heterocycles. The minimum Gasteiger partial charge on any atom is -0.457 e. The molecule has 3 saturated heterocycles. The number of carbonyl (C=O) groups excluding carboxylic acids is 2. The number of thioether (sulfide) groups is 1. The van der Waals surface area contributed by atoms with Gasteiger partial charge in [0.1, 0.15) is 0 Å². The lowest BCUT2D eigenvalue weighted by Crippen LogP contribution is -2.52. The molecular weight excluding hydrogens is 309 g/mol. The molecule has 6 atom stereocenters. The van der Waals surface area contributed by atoms with Crippen LogP contribution in [-0.2, 0) is 19.1 Å². The van der Waals surface area contributed by atoms with Crippen LogP contribution in [0.1, 0.15) is 26.7 Å². The third-order valence-corrected chi connectivity index (χ3v) is 6.45. The Morgan fingerprint density at radius 2 is 2.24 bits per heavy atom. The van der Waals surface area contributed by atoms with Gasteiger partial charge < -0.3 is 9.47 Å². The second kappa shape index (κ2) is 4.54. The number of alkyl halides is 3. The topological polar surface area (TPSA) is 52.6 Å². The van der Waals surface area contributed by atoms with Gasteiger partial charge in [-0.2, -0.15) is 13.2 Å². The average molecular weight is 324 g/mol. The van der Waals surface area contributed by atoms with Gasteiger partial charge in [0.25, 0.3) is 0 Å². The zero-order valence-corrected chi connectivity index (χ0v) is 12.3. The standard InChI is InChI=1S/C13H15F3O4S/c1-3-5(2)10(17)19-7-6-4-12(13(14,15)16)9(21-6)8(7)20-11(12)18/h5-9H,3-4H2,1-2H3. The summed E-state index contributed by atoms with van der Waals surface area (Å²) in [5.74, 6) is -1.99. The van der Waals surface area contributed by atoms with Crippen LogP contribution in [-0.4, -0.2) is 40.8 Å². The maximum atomic E-state index is 13.3. The molecule has 4 nitrogen and oxygen atoms in total. The van der Waals surface area contributed by atoms with E-state index < -0.39 is 46.2 Å². The fourth-order valence-electron chi connectivity index (χ4n) is 3.23. The number of rotatable bonds is 3. The number of esters is 2. The van der Waals surface area contributed by atoms with E-state index in [1.165, 1.54) is 0 Å².